The van der Waals surface area contributed by atoms with Crippen LogP contribution in [0.5, 0.6) is 0 Å². The molecule has 0 bridgehead atoms. The van der Waals surface area contributed by atoms with Crippen LogP contribution in [-0.2, 0) is 0 Å². The fourth-order valence-electron chi connectivity index (χ4n) is 0.776. The van der Waals surface area contributed by atoms with Crippen molar-refractivity contribution in [1.29, 1.82) is 0 Å². The first-order valence-corrected chi connectivity index (χ1v) is 3.57. The summed E-state index contributed by atoms with van der Waals surface area (Å²) in [7, 11) is 1.42. The zero-order valence-electron chi connectivity index (χ0n) is 6.12. The van der Waals surface area contributed by atoms with E-state index in [1.807, 2.05) is 12.1 Å². The van der Waals surface area contributed by atoms with E-state index in [-0.39, 0.29) is 0 Å². The minimum absolute atomic E-state index is 0.593. The molecule has 1 aromatic rings. The SMILES string of the molecule is C/[N+]([O-])=C/c1ccccc1Cl. The monoisotopic (exact) mass is 169 g/mol. The first kappa shape index (κ1) is 8.08. The van der Waals surface area contributed by atoms with Crippen LogP contribution >= 0.6 is 11.6 Å². The van der Waals surface area contributed by atoms with Crippen LogP contribution in [-0.4, -0.2) is 18.0 Å². The zero-order chi connectivity index (χ0) is 8.27. The second-order valence-corrected chi connectivity index (χ2v) is 2.60. The van der Waals surface area contributed by atoms with Gasteiger partial charge in [-0.2, -0.15) is 0 Å². The van der Waals surface area contributed by atoms with Crippen molar-refractivity contribution in [2.75, 3.05) is 7.05 Å². The molecule has 1 aromatic carbocycles. The normalized spacial score (nSPS) is 11.6. The van der Waals surface area contributed by atoms with Crippen LogP contribution in [0, 0.1) is 5.21 Å². The van der Waals surface area contributed by atoms with Crippen molar-refractivity contribution in [1.82, 2.24) is 0 Å². The lowest BCUT2D eigenvalue weighted by molar-refractivity contribution is -0.416. The molecular weight excluding hydrogens is 162 g/mol. The van der Waals surface area contributed by atoms with Crippen LogP contribution in [0.1, 0.15) is 5.56 Å². The molecule has 0 saturated carbocycles. The van der Waals surface area contributed by atoms with Gasteiger partial charge in [-0.05, 0) is 12.1 Å². The van der Waals surface area contributed by atoms with Crippen LogP contribution in [0.25, 0.3) is 0 Å². The highest BCUT2D eigenvalue weighted by atomic mass is 35.5. The van der Waals surface area contributed by atoms with Crippen molar-refractivity contribution < 1.29 is 4.74 Å². The summed E-state index contributed by atoms with van der Waals surface area (Å²) in [4.78, 5) is 0. The summed E-state index contributed by atoms with van der Waals surface area (Å²) in [6.07, 6.45) is 1.43. The van der Waals surface area contributed by atoms with Crippen molar-refractivity contribution in [3.63, 3.8) is 0 Å². The summed E-state index contributed by atoms with van der Waals surface area (Å²) in [6, 6.07) is 7.19. The average Bonchev–Trinajstić information content (AvgIpc) is 1.93. The molecule has 0 aliphatic rings. The molecule has 3 heteroatoms. The molecule has 2 nitrogen and oxygen atoms in total. The molecule has 1 rings (SSSR count). The summed E-state index contributed by atoms with van der Waals surface area (Å²) in [5, 5.41) is 11.2. The Hall–Kier alpha value is -1.02. The third-order valence-electron chi connectivity index (χ3n) is 1.23. The van der Waals surface area contributed by atoms with Gasteiger partial charge in [-0.25, -0.2) is 4.74 Å². The van der Waals surface area contributed by atoms with E-state index in [1.165, 1.54) is 13.3 Å². The van der Waals surface area contributed by atoms with Crippen LogP contribution < -0.4 is 0 Å². The molecule has 0 amide bonds. The molecule has 0 saturated heterocycles. The second kappa shape index (κ2) is 3.39. The van der Waals surface area contributed by atoms with Gasteiger partial charge >= 0.3 is 0 Å². The van der Waals surface area contributed by atoms with Gasteiger partial charge in [-0.3, -0.25) is 0 Å². The number of hydroxylamine groups is 1. The van der Waals surface area contributed by atoms with Crippen molar-refractivity contribution in [3.8, 4) is 0 Å². The van der Waals surface area contributed by atoms with Gasteiger partial charge in [0.15, 0.2) is 6.21 Å². The first-order valence-electron chi connectivity index (χ1n) is 3.19. The van der Waals surface area contributed by atoms with Gasteiger partial charge in [0.25, 0.3) is 0 Å². The molecule has 0 heterocycles. The van der Waals surface area contributed by atoms with Crippen molar-refractivity contribution >= 4 is 17.8 Å². The number of rotatable bonds is 1. The second-order valence-electron chi connectivity index (χ2n) is 2.20. The van der Waals surface area contributed by atoms with Crippen molar-refractivity contribution in [2.24, 2.45) is 0 Å². The Morgan fingerprint density at radius 2 is 2.09 bits per heavy atom. The summed E-state index contributed by atoms with van der Waals surface area (Å²) in [5.41, 5.74) is 0.742. The van der Waals surface area contributed by atoms with Crippen LogP contribution in [0.15, 0.2) is 24.3 Å². The number of nitrogens with zero attached hydrogens (tertiary/aromatic N) is 1. The molecule has 0 N–H and O–H groups in total. The van der Waals surface area contributed by atoms with Gasteiger partial charge in [0.1, 0.15) is 7.05 Å². The highest BCUT2D eigenvalue weighted by molar-refractivity contribution is 6.32. The smallest absolute Gasteiger partial charge is 0.183 e. The van der Waals surface area contributed by atoms with Gasteiger partial charge in [-0.15, -0.1) is 0 Å². The van der Waals surface area contributed by atoms with Crippen molar-refractivity contribution in [3.05, 3.63) is 40.1 Å². The third-order valence-corrected chi connectivity index (χ3v) is 1.57. The Kier molecular flexibility index (Phi) is 2.49. The van der Waals surface area contributed by atoms with Gasteiger partial charge in [0.05, 0.1) is 10.6 Å². The predicted octanol–water partition coefficient (Wildman–Crippen LogP) is 1.90. The summed E-state index contributed by atoms with van der Waals surface area (Å²) >= 11 is 5.77. The van der Waals surface area contributed by atoms with E-state index in [9.17, 15) is 5.21 Å². The highest BCUT2D eigenvalue weighted by Gasteiger charge is 1.96. The van der Waals surface area contributed by atoms with Crippen LogP contribution in [0.4, 0.5) is 0 Å². The van der Waals surface area contributed by atoms with E-state index in [2.05, 4.69) is 0 Å². The van der Waals surface area contributed by atoms with E-state index in [1.54, 1.807) is 12.1 Å². The largest absolute Gasteiger partial charge is 0.624 e. The Bertz CT molecular complexity index is 279. The quantitative estimate of drug-likeness (QED) is 0.273. The zero-order valence-corrected chi connectivity index (χ0v) is 6.88. The van der Waals surface area contributed by atoms with Gasteiger partial charge in [-0.1, -0.05) is 23.7 Å². The van der Waals surface area contributed by atoms with Gasteiger partial charge in [0, 0.05) is 0 Å². The van der Waals surface area contributed by atoms with E-state index >= 15 is 0 Å². The fraction of sp³-hybridized carbons (Fsp3) is 0.125. The summed E-state index contributed by atoms with van der Waals surface area (Å²) < 4.78 is 0.723. The molecule has 11 heavy (non-hydrogen) atoms. The Morgan fingerprint density at radius 3 is 2.64 bits per heavy atom. The van der Waals surface area contributed by atoms with E-state index in [4.69, 9.17) is 11.6 Å². The number of benzene rings is 1. The topological polar surface area (TPSA) is 26.1 Å². The Morgan fingerprint density at radius 1 is 1.45 bits per heavy atom. The maximum absolute atomic E-state index is 10.6. The van der Waals surface area contributed by atoms with Gasteiger partial charge < -0.3 is 5.21 Å². The first-order chi connectivity index (χ1) is 5.20. The maximum atomic E-state index is 10.6. The molecule has 0 aromatic heterocycles. The molecule has 58 valence electrons. The standard InChI is InChI=1S/C8H8ClNO/c1-10(11)6-7-4-2-3-5-8(7)9/h2-6H,1H3/b10-6-. The maximum Gasteiger partial charge on any atom is 0.183 e. The van der Waals surface area contributed by atoms with E-state index in [0.29, 0.717) is 5.02 Å². The molecule has 0 radical (unpaired) electrons. The fourth-order valence-corrected chi connectivity index (χ4v) is 0.960. The summed E-state index contributed by atoms with van der Waals surface area (Å²) in [6.45, 7) is 0. The Balaban J connectivity index is 3.04. The molecule has 0 fully saturated rings. The minimum Gasteiger partial charge on any atom is -0.624 e. The number of halogens is 1. The number of hydrogen-bond acceptors (Lipinski definition) is 1. The van der Waals surface area contributed by atoms with E-state index in [0.717, 1.165) is 10.3 Å². The highest BCUT2D eigenvalue weighted by Crippen LogP contribution is 2.11. The molecule has 0 spiro atoms. The Labute approximate surface area is 70.3 Å². The predicted molar refractivity (Wildman–Crippen MR) is 46.2 cm³/mol. The summed E-state index contributed by atoms with van der Waals surface area (Å²) in [5.74, 6) is 0. The molecule has 0 unspecified atom stereocenters. The molecule has 0 aliphatic heterocycles. The minimum atomic E-state index is 0.593. The van der Waals surface area contributed by atoms with E-state index < -0.39 is 0 Å². The average molecular weight is 170 g/mol. The van der Waals surface area contributed by atoms with Crippen molar-refractivity contribution in [2.45, 2.75) is 0 Å². The van der Waals surface area contributed by atoms with Crippen LogP contribution in [0.2, 0.25) is 5.02 Å². The lowest BCUT2D eigenvalue weighted by atomic mass is 10.2. The number of hydrogen-bond donors (Lipinski definition) is 0. The molecule has 0 aliphatic carbocycles. The van der Waals surface area contributed by atoms with Crippen LogP contribution in [0.3, 0.4) is 0 Å². The molecule has 0 atom stereocenters. The lowest BCUT2D eigenvalue weighted by Gasteiger charge is -1.96. The molecular formula is C8H8ClNO. The lowest BCUT2D eigenvalue weighted by Crippen LogP contribution is -1.97. The third kappa shape index (κ3) is 2.24. The van der Waals surface area contributed by atoms with Gasteiger partial charge in [0.2, 0.25) is 0 Å².